The summed E-state index contributed by atoms with van der Waals surface area (Å²) in [4.78, 5) is 39.7. The fraction of sp³-hybridized carbons (Fsp3) is 0.0220. The van der Waals surface area contributed by atoms with Crippen molar-refractivity contribution >= 4 is 65.4 Å². The highest BCUT2D eigenvalue weighted by atomic mass is 15.1. The van der Waals surface area contributed by atoms with E-state index in [4.69, 9.17) is 34.9 Å². The molecular formula is C91H60N10. The second-order valence-corrected chi connectivity index (χ2v) is 25.8. The summed E-state index contributed by atoms with van der Waals surface area (Å²) in [5.41, 5.74) is 21.1. The first-order valence-electron chi connectivity index (χ1n) is 34.0. The number of aryl methyl sites for hydroxylation is 2. The predicted molar refractivity (Wildman–Crippen MR) is 412 cm³/mol. The molecule has 10 heteroatoms. The van der Waals surface area contributed by atoms with Gasteiger partial charge in [0.15, 0.2) is 34.9 Å². The van der Waals surface area contributed by atoms with Crippen molar-refractivity contribution in [1.82, 2.24) is 48.6 Å². The first-order valence-corrected chi connectivity index (χ1v) is 34.0. The highest BCUT2D eigenvalue weighted by Gasteiger charge is 2.34. The van der Waals surface area contributed by atoms with Crippen LogP contribution in [0.3, 0.4) is 0 Å². The average molecular weight is 1290 g/mol. The average Bonchev–Trinajstić information content (AvgIpc) is 1.74. The van der Waals surface area contributed by atoms with Crippen LogP contribution >= 0.6 is 0 Å². The lowest BCUT2D eigenvalue weighted by Crippen LogP contribution is -2.13. The van der Waals surface area contributed by atoms with E-state index in [-0.39, 0.29) is 0 Å². The Morgan fingerprint density at radius 2 is 0.515 bits per heavy atom. The van der Waals surface area contributed by atoms with Crippen LogP contribution in [-0.4, -0.2) is 48.6 Å². The van der Waals surface area contributed by atoms with Crippen molar-refractivity contribution in [3.8, 4) is 119 Å². The molecule has 0 bridgehead atoms. The molecule has 0 unspecified atom stereocenters. The Kier molecular flexibility index (Phi) is 14.1. The van der Waals surface area contributed by atoms with E-state index in [1.807, 2.05) is 78.9 Å². The second kappa shape index (κ2) is 24.2. The Labute approximate surface area is 582 Å². The standard InChI is InChI=1S/C91H60N10/c1-57-44-48-77-69(52-57)67-38-21-23-42-75(67)99(77)81-56-82(100-76-43-24-22-39-68(76)70-53-58(2)45-49-78(70)100)84(91-97-88(63-34-17-7-18-35-63)94-89(98-91)64-36-19-8-20-37-64)85(83(81)90-95-86(61-30-13-5-14-31-61)93-87(96-90)62-32-15-6-16-33-62)101-79-50-46-65(59-26-9-3-10-27-59)54-71(79)72-55-66(47-51-80(72)101)74-41-25-40-73(92-74)60-28-11-4-12-29-60/h3-56H,1-2H3. The van der Waals surface area contributed by atoms with Crippen LogP contribution in [0.4, 0.5) is 0 Å². The summed E-state index contributed by atoms with van der Waals surface area (Å²) in [6.45, 7) is 4.34. The monoisotopic (exact) mass is 1290 g/mol. The number of hydrogen-bond acceptors (Lipinski definition) is 7. The van der Waals surface area contributed by atoms with Crippen LogP contribution in [0.2, 0.25) is 0 Å². The van der Waals surface area contributed by atoms with Crippen molar-refractivity contribution in [3.63, 3.8) is 0 Å². The molecule has 0 aliphatic carbocycles. The lowest BCUT2D eigenvalue weighted by molar-refractivity contribution is 1.03. The molecule has 0 N–H and O–H groups in total. The van der Waals surface area contributed by atoms with E-state index in [1.165, 1.54) is 0 Å². The minimum Gasteiger partial charge on any atom is -0.308 e. The highest BCUT2D eigenvalue weighted by molar-refractivity contribution is 6.16. The lowest BCUT2D eigenvalue weighted by atomic mass is 9.98. The fourth-order valence-corrected chi connectivity index (χ4v) is 14.8. The van der Waals surface area contributed by atoms with Gasteiger partial charge in [-0.15, -0.1) is 0 Å². The Balaban J connectivity index is 1.08. The summed E-state index contributed by atoms with van der Waals surface area (Å²) in [7, 11) is 0. The van der Waals surface area contributed by atoms with E-state index in [2.05, 4.69) is 276 Å². The van der Waals surface area contributed by atoms with Crippen molar-refractivity contribution in [2.24, 2.45) is 0 Å². The molecule has 10 nitrogen and oxygen atoms in total. The van der Waals surface area contributed by atoms with E-state index in [1.54, 1.807) is 0 Å². The van der Waals surface area contributed by atoms with Gasteiger partial charge in [0.25, 0.3) is 0 Å². The zero-order valence-corrected chi connectivity index (χ0v) is 55.1. The number of fused-ring (bicyclic) bond motifs is 9. The van der Waals surface area contributed by atoms with Crippen molar-refractivity contribution in [1.29, 1.82) is 0 Å². The van der Waals surface area contributed by atoms with Gasteiger partial charge in [0.2, 0.25) is 0 Å². The minimum atomic E-state index is 0.432. The van der Waals surface area contributed by atoms with Crippen LogP contribution in [0, 0.1) is 13.8 Å². The Morgan fingerprint density at radius 1 is 0.198 bits per heavy atom. The molecule has 0 saturated heterocycles. The summed E-state index contributed by atoms with van der Waals surface area (Å²) in [5.74, 6) is 2.90. The second-order valence-electron chi connectivity index (χ2n) is 25.8. The molecule has 19 aromatic rings. The summed E-state index contributed by atoms with van der Waals surface area (Å²) >= 11 is 0. The van der Waals surface area contributed by atoms with Crippen LogP contribution in [0.5, 0.6) is 0 Å². The van der Waals surface area contributed by atoms with Crippen molar-refractivity contribution < 1.29 is 0 Å². The van der Waals surface area contributed by atoms with Crippen LogP contribution < -0.4 is 0 Å². The molecule has 0 atom stereocenters. The minimum absolute atomic E-state index is 0.432. The van der Waals surface area contributed by atoms with Crippen LogP contribution in [-0.2, 0) is 0 Å². The van der Waals surface area contributed by atoms with Gasteiger partial charge in [0, 0.05) is 65.7 Å². The van der Waals surface area contributed by atoms with Gasteiger partial charge in [-0.1, -0.05) is 260 Å². The van der Waals surface area contributed by atoms with E-state index < -0.39 is 0 Å². The van der Waals surface area contributed by atoms with Crippen molar-refractivity contribution in [2.75, 3.05) is 0 Å². The molecule has 6 heterocycles. The molecule has 0 fully saturated rings. The normalized spacial score (nSPS) is 11.7. The van der Waals surface area contributed by atoms with Gasteiger partial charge in [-0.05, 0) is 104 Å². The smallest absolute Gasteiger partial charge is 0.168 e. The van der Waals surface area contributed by atoms with Gasteiger partial charge < -0.3 is 13.7 Å². The predicted octanol–water partition coefficient (Wildman–Crippen LogP) is 22.4. The number of aromatic nitrogens is 10. The van der Waals surface area contributed by atoms with Gasteiger partial charge in [0.1, 0.15) is 0 Å². The summed E-state index contributed by atoms with van der Waals surface area (Å²) < 4.78 is 7.32. The molecule has 13 aromatic carbocycles. The van der Waals surface area contributed by atoms with E-state index >= 15 is 0 Å². The van der Waals surface area contributed by atoms with Gasteiger partial charge in [-0.25, -0.2) is 34.9 Å². The van der Waals surface area contributed by atoms with Crippen LogP contribution in [0.15, 0.2) is 328 Å². The van der Waals surface area contributed by atoms with Gasteiger partial charge in [-0.3, -0.25) is 0 Å². The number of nitrogens with zero attached hydrogens (tertiary/aromatic N) is 10. The maximum absolute atomic E-state index is 5.87. The zero-order chi connectivity index (χ0) is 67.1. The molecule has 0 radical (unpaired) electrons. The Hall–Kier alpha value is -13.6. The molecule has 474 valence electrons. The van der Waals surface area contributed by atoms with Gasteiger partial charge in [-0.2, -0.15) is 0 Å². The van der Waals surface area contributed by atoms with Gasteiger partial charge in [0.05, 0.1) is 72.7 Å². The first kappa shape index (κ1) is 58.8. The largest absolute Gasteiger partial charge is 0.308 e. The third-order valence-corrected chi connectivity index (χ3v) is 19.5. The van der Waals surface area contributed by atoms with E-state index in [9.17, 15) is 0 Å². The molecule has 0 aliphatic rings. The SMILES string of the molecule is Cc1ccc2c(c1)c1ccccc1n2-c1cc(-n2c3ccccc3c3cc(C)ccc32)c(-c2nc(-c3ccccc3)nc(-c3ccccc3)n2)c(-n2c3ccc(-c4ccccc4)cc3c3cc(-c4cccc(-c5ccccc5)n4)ccc32)c1-c1nc(-c2ccccc2)nc(-c2ccccc2)n1. The third-order valence-electron chi connectivity index (χ3n) is 19.5. The first-order chi connectivity index (χ1) is 49.9. The Bertz CT molecular complexity index is 6060. The van der Waals surface area contributed by atoms with E-state index in [0.717, 1.165) is 150 Å². The highest BCUT2D eigenvalue weighted by Crippen LogP contribution is 2.51. The molecule has 101 heavy (non-hydrogen) atoms. The fourth-order valence-electron chi connectivity index (χ4n) is 14.8. The van der Waals surface area contributed by atoms with Crippen molar-refractivity contribution in [2.45, 2.75) is 13.8 Å². The summed E-state index contributed by atoms with van der Waals surface area (Å²) in [6.07, 6.45) is 0. The quantitative estimate of drug-likeness (QED) is 0.120. The topological polar surface area (TPSA) is 105 Å². The van der Waals surface area contributed by atoms with Gasteiger partial charge >= 0.3 is 0 Å². The number of hydrogen-bond donors (Lipinski definition) is 0. The zero-order valence-electron chi connectivity index (χ0n) is 55.1. The maximum atomic E-state index is 5.87. The number of pyridine rings is 1. The van der Waals surface area contributed by atoms with Crippen molar-refractivity contribution in [3.05, 3.63) is 339 Å². The molecule has 0 spiro atoms. The third kappa shape index (κ3) is 10.1. The summed E-state index contributed by atoms with van der Waals surface area (Å²) in [6, 6.07) is 115. The number of rotatable bonds is 12. The molecule has 0 saturated carbocycles. The summed E-state index contributed by atoms with van der Waals surface area (Å²) in [5, 5.41) is 6.43. The lowest BCUT2D eigenvalue weighted by Gasteiger charge is -2.26. The van der Waals surface area contributed by atoms with E-state index in [0.29, 0.717) is 46.1 Å². The maximum Gasteiger partial charge on any atom is 0.168 e. The van der Waals surface area contributed by atoms with Crippen LogP contribution in [0.1, 0.15) is 11.1 Å². The number of para-hydroxylation sites is 2. The molecule has 0 amide bonds. The molecule has 0 aliphatic heterocycles. The molecule has 6 aromatic heterocycles. The number of benzene rings is 13. The van der Waals surface area contributed by atoms with Crippen LogP contribution in [0.25, 0.3) is 184 Å². The molecular weight excluding hydrogens is 1230 g/mol. The Morgan fingerprint density at radius 3 is 0.950 bits per heavy atom. The molecule has 19 rings (SSSR count).